The molecule has 0 bridgehead atoms. The maximum Gasteiger partial charge on any atom is 0.116 e. The van der Waals surface area contributed by atoms with Crippen LogP contribution in [0.3, 0.4) is 0 Å². The van der Waals surface area contributed by atoms with Gasteiger partial charge in [0.15, 0.2) is 0 Å². The summed E-state index contributed by atoms with van der Waals surface area (Å²) < 4.78 is 1.14. The first-order valence-corrected chi connectivity index (χ1v) is 4.82. The Balaban J connectivity index is 2.54. The van der Waals surface area contributed by atoms with Crippen LogP contribution < -0.4 is 0 Å². The van der Waals surface area contributed by atoms with E-state index in [1.54, 1.807) is 18.7 Å². The number of pyridine rings is 1. The van der Waals surface area contributed by atoms with E-state index in [0.29, 0.717) is 0 Å². The molecule has 64 valence electrons. The molecule has 0 unspecified atom stereocenters. The first-order chi connectivity index (χ1) is 6.38. The molecule has 13 heavy (non-hydrogen) atoms. The van der Waals surface area contributed by atoms with Crippen molar-refractivity contribution in [3.05, 3.63) is 40.6 Å². The minimum absolute atomic E-state index is 0.910. The van der Waals surface area contributed by atoms with E-state index in [1.807, 2.05) is 18.3 Å². The molecule has 0 saturated carbocycles. The number of hydrogen-bond donors (Lipinski definition) is 0. The minimum atomic E-state index is 0.910. The van der Waals surface area contributed by atoms with Crippen LogP contribution in [0.4, 0.5) is 0 Å². The van der Waals surface area contributed by atoms with Gasteiger partial charge in [0.1, 0.15) is 6.33 Å². The van der Waals surface area contributed by atoms with Crippen molar-refractivity contribution in [2.24, 2.45) is 0 Å². The van der Waals surface area contributed by atoms with Gasteiger partial charge < -0.3 is 0 Å². The van der Waals surface area contributed by atoms with Gasteiger partial charge in [-0.15, -0.1) is 0 Å². The molecule has 0 fully saturated rings. The van der Waals surface area contributed by atoms with Gasteiger partial charge >= 0.3 is 0 Å². The molecule has 0 radical (unpaired) electrons. The Bertz CT molecular complexity index is 403. The molecule has 0 spiro atoms. The minimum Gasteiger partial charge on any atom is -0.264 e. The summed E-state index contributed by atoms with van der Waals surface area (Å²) in [5.74, 6) is 0. The summed E-state index contributed by atoms with van der Waals surface area (Å²) in [7, 11) is 0. The molecule has 0 aromatic carbocycles. The first kappa shape index (κ1) is 8.55. The van der Waals surface area contributed by atoms with Crippen molar-refractivity contribution in [2.45, 2.75) is 0 Å². The monoisotopic (exact) mass is 283 g/mol. The average molecular weight is 283 g/mol. The Kier molecular flexibility index (Phi) is 2.49. The molecule has 0 amide bonds. The molecule has 0 saturated heterocycles. The van der Waals surface area contributed by atoms with Gasteiger partial charge in [0.2, 0.25) is 0 Å². The first-order valence-electron chi connectivity index (χ1n) is 3.74. The summed E-state index contributed by atoms with van der Waals surface area (Å²) in [6.07, 6.45) is 6.85. The third-order valence-electron chi connectivity index (χ3n) is 1.63. The van der Waals surface area contributed by atoms with Crippen molar-refractivity contribution in [1.82, 2.24) is 15.0 Å². The molecule has 0 aliphatic carbocycles. The quantitative estimate of drug-likeness (QED) is 0.753. The van der Waals surface area contributed by atoms with Gasteiger partial charge in [0.25, 0.3) is 0 Å². The number of nitrogens with zero attached hydrogens (tertiary/aromatic N) is 3. The van der Waals surface area contributed by atoms with Crippen LogP contribution in [-0.2, 0) is 0 Å². The number of aromatic nitrogens is 3. The van der Waals surface area contributed by atoms with Gasteiger partial charge in [-0.2, -0.15) is 0 Å². The van der Waals surface area contributed by atoms with Crippen molar-refractivity contribution >= 4 is 22.6 Å². The highest BCUT2D eigenvalue weighted by Gasteiger charge is 2.02. The summed E-state index contributed by atoms with van der Waals surface area (Å²) in [6.45, 7) is 0. The van der Waals surface area contributed by atoms with Gasteiger partial charge in [0, 0.05) is 27.7 Å². The summed E-state index contributed by atoms with van der Waals surface area (Å²) in [5.41, 5.74) is 1.96. The van der Waals surface area contributed by atoms with Crippen LogP contribution in [-0.4, -0.2) is 15.0 Å². The average Bonchev–Trinajstić information content (AvgIpc) is 2.20. The van der Waals surface area contributed by atoms with Crippen LogP contribution >= 0.6 is 22.6 Å². The molecule has 0 aliphatic heterocycles. The maximum absolute atomic E-state index is 4.15. The fourth-order valence-electron chi connectivity index (χ4n) is 1.02. The molecule has 2 aromatic rings. The Morgan fingerprint density at radius 2 is 1.92 bits per heavy atom. The molecule has 0 atom stereocenters. The van der Waals surface area contributed by atoms with E-state index in [9.17, 15) is 0 Å². The highest BCUT2D eigenvalue weighted by Crippen LogP contribution is 2.20. The second-order valence-corrected chi connectivity index (χ2v) is 3.61. The van der Waals surface area contributed by atoms with Crippen LogP contribution in [0, 0.1) is 3.57 Å². The standard InChI is InChI=1S/C9H6IN3/c10-8-1-3-11-5-7(8)9-2-4-12-6-13-9/h1-6H. The smallest absolute Gasteiger partial charge is 0.116 e. The van der Waals surface area contributed by atoms with Gasteiger partial charge in [-0.05, 0) is 34.7 Å². The highest BCUT2D eigenvalue weighted by molar-refractivity contribution is 14.1. The predicted octanol–water partition coefficient (Wildman–Crippen LogP) is 2.14. The molecule has 0 aliphatic rings. The van der Waals surface area contributed by atoms with E-state index in [-0.39, 0.29) is 0 Å². The summed E-state index contributed by atoms with van der Waals surface area (Å²) in [6, 6.07) is 3.83. The lowest BCUT2D eigenvalue weighted by atomic mass is 10.2. The lowest BCUT2D eigenvalue weighted by Gasteiger charge is -2.00. The molecule has 3 nitrogen and oxygen atoms in total. The summed E-state index contributed by atoms with van der Waals surface area (Å²) >= 11 is 2.26. The molecule has 2 aromatic heterocycles. The molecule has 0 N–H and O–H groups in total. The van der Waals surface area contributed by atoms with E-state index in [0.717, 1.165) is 14.8 Å². The van der Waals surface area contributed by atoms with Gasteiger partial charge in [0.05, 0.1) is 5.69 Å². The van der Waals surface area contributed by atoms with Crippen molar-refractivity contribution in [3.8, 4) is 11.3 Å². The normalized spacial score (nSPS) is 9.92. The van der Waals surface area contributed by atoms with Crippen LogP contribution in [0.25, 0.3) is 11.3 Å². The third-order valence-corrected chi connectivity index (χ3v) is 2.57. The van der Waals surface area contributed by atoms with Crippen LogP contribution in [0.15, 0.2) is 37.1 Å². The Hall–Kier alpha value is -1.04. The fourth-order valence-corrected chi connectivity index (χ4v) is 1.59. The van der Waals surface area contributed by atoms with Crippen molar-refractivity contribution in [1.29, 1.82) is 0 Å². The molecule has 4 heteroatoms. The van der Waals surface area contributed by atoms with E-state index in [1.165, 1.54) is 0 Å². The topological polar surface area (TPSA) is 38.7 Å². The molecule has 2 rings (SSSR count). The maximum atomic E-state index is 4.15. The number of rotatable bonds is 1. The SMILES string of the molecule is Ic1ccncc1-c1ccncn1. The molecular formula is C9H6IN3. The molecular weight excluding hydrogens is 277 g/mol. The Labute approximate surface area is 89.4 Å². The number of halogens is 1. The highest BCUT2D eigenvalue weighted by atomic mass is 127. The lowest BCUT2D eigenvalue weighted by molar-refractivity contribution is 1.16. The summed E-state index contributed by atoms with van der Waals surface area (Å²) in [5, 5.41) is 0. The molecule has 2 heterocycles. The van der Waals surface area contributed by atoms with Crippen LogP contribution in [0.1, 0.15) is 0 Å². The van der Waals surface area contributed by atoms with Gasteiger partial charge in [-0.25, -0.2) is 9.97 Å². The second kappa shape index (κ2) is 3.78. The Morgan fingerprint density at radius 3 is 2.62 bits per heavy atom. The zero-order valence-electron chi connectivity index (χ0n) is 6.68. The predicted molar refractivity (Wildman–Crippen MR) is 58.0 cm³/mol. The summed E-state index contributed by atoms with van der Waals surface area (Å²) in [4.78, 5) is 12.1. The largest absolute Gasteiger partial charge is 0.264 e. The van der Waals surface area contributed by atoms with Crippen LogP contribution in [0.5, 0.6) is 0 Å². The van der Waals surface area contributed by atoms with Gasteiger partial charge in [-0.1, -0.05) is 0 Å². The van der Waals surface area contributed by atoms with E-state index in [4.69, 9.17) is 0 Å². The van der Waals surface area contributed by atoms with Crippen molar-refractivity contribution < 1.29 is 0 Å². The van der Waals surface area contributed by atoms with Gasteiger partial charge in [-0.3, -0.25) is 4.98 Å². The third kappa shape index (κ3) is 1.82. The number of hydrogen-bond acceptors (Lipinski definition) is 3. The van der Waals surface area contributed by atoms with Crippen LogP contribution in [0.2, 0.25) is 0 Å². The van der Waals surface area contributed by atoms with Crippen molar-refractivity contribution in [2.75, 3.05) is 0 Å². The Morgan fingerprint density at radius 1 is 1.08 bits per heavy atom. The lowest BCUT2D eigenvalue weighted by Crippen LogP contribution is -1.87. The second-order valence-electron chi connectivity index (χ2n) is 2.45. The van der Waals surface area contributed by atoms with E-state index < -0.39 is 0 Å². The zero-order chi connectivity index (χ0) is 9.10. The zero-order valence-corrected chi connectivity index (χ0v) is 8.84. The van der Waals surface area contributed by atoms with E-state index in [2.05, 4.69) is 37.5 Å². The fraction of sp³-hybridized carbons (Fsp3) is 0. The van der Waals surface area contributed by atoms with E-state index >= 15 is 0 Å². The van der Waals surface area contributed by atoms with Crippen molar-refractivity contribution in [3.63, 3.8) is 0 Å².